The van der Waals surface area contributed by atoms with Crippen LogP contribution < -0.4 is 0 Å². The molecule has 1 N–H and O–H groups in total. The molecule has 0 radical (unpaired) electrons. The molecule has 4 heteroatoms. The molecule has 2 atom stereocenters. The molecule has 1 saturated carbocycles. The van der Waals surface area contributed by atoms with Gasteiger partial charge in [-0.15, -0.1) is 12.4 Å². The van der Waals surface area contributed by atoms with Crippen LogP contribution in [0.15, 0.2) is 0 Å². The van der Waals surface area contributed by atoms with Gasteiger partial charge in [0.15, 0.2) is 0 Å². The van der Waals surface area contributed by atoms with Crippen molar-refractivity contribution in [2.75, 3.05) is 19.6 Å². The third kappa shape index (κ3) is 2.76. The number of carboxylic acids is 1. The van der Waals surface area contributed by atoms with Crippen molar-refractivity contribution in [3.05, 3.63) is 0 Å². The molecule has 0 aromatic rings. The summed E-state index contributed by atoms with van der Waals surface area (Å²) in [5.74, 6) is -0.125. The largest absolute Gasteiger partial charge is 0.481 e. The molecule has 3 nitrogen and oxygen atoms in total. The van der Waals surface area contributed by atoms with E-state index in [1.807, 2.05) is 0 Å². The van der Waals surface area contributed by atoms with Crippen LogP contribution in [0.1, 0.15) is 45.4 Å². The summed E-state index contributed by atoms with van der Waals surface area (Å²) in [6.45, 7) is 5.13. The van der Waals surface area contributed by atoms with Crippen LogP contribution in [0.4, 0.5) is 0 Å². The number of likely N-dealkylation sites (tertiary alicyclic amines) is 1. The van der Waals surface area contributed by atoms with Gasteiger partial charge >= 0.3 is 5.97 Å². The molecule has 0 spiro atoms. The molecular weight excluding hydrogens is 238 g/mol. The molecule has 1 heterocycles. The minimum absolute atomic E-state index is 0. The fourth-order valence-electron chi connectivity index (χ4n) is 3.50. The van der Waals surface area contributed by atoms with Crippen LogP contribution in [0.25, 0.3) is 0 Å². The smallest absolute Gasteiger partial charge is 0.311 e. The lowest BCUT2D eigenvalue weighted by atomic mass is 9.81. The van der Waals surface area contributed by atoms with Gasteiger partial charge in [0.1, 0.15) is 0 Å². The van der Waals surface area contributed by atoms with E-state index in [1.165, 1.54) is 19.3 Å². The first-order chi connectivity index (χ1) is 7.69. The van der Waals surface area contributed by atoms with Gasteiger partial charge in [0.25, 0.3) is 0 Å². The number of carbonyl (C=O) groups is 1. The van der Waals surface area contributed by atoms with Gasteiger partial charge in [-0.3, -0.25) is 4.79 Å². The van der Waals surface area contributed by atoms with Crippen LogP contribution in [0.3, 0.4) is 0 Å². The van der Waals surface area contributed by atoms with Crippen molar-refractivity contribution in [3.63, 3.8) is 0 Å². The SMILES string of the molecule is CCCCCN1C[C@@H]2CCC[C@@]2(C(=O)O)C1.Cl. The highest BCUT2D eigenvalue weighted by molar-refractivity contribution is 5.85. The van der Waals surface area contributed by atoms with Crippen molar-refractivity contribution in [3.8, 4) is 0 Å². The molecule has 1 aliphatic heterocycles. The summed E-state index contributed by atoms with van der Waals surface area (Å²) in [4.78, 5) is 13.8. The number of halogens is 1. The number of aliphatic carboxylic acids is 1. The van der Waals surface area contributed by atoms with Crippen molar-refractivity contribution in [2.45, 2.75) is 45.4 Å². The molecular formula is C13H24ClNO2. The minimum Gasteiger partial charge on any atom is -0.481 e. The number of unbranched alkanes of at least 4 members (excludes halogenated alkanes) is 2. The van der Waals surface area contributed by atoms with E-state index in [0.717, 1.165) is 38.9 Å². The highest BCUT2D eigenvalue weighted by Gasteiger charge is 2.54. The zero-order valence-corrected chi connectivity index (χ0v) is 11.5. The van der Waals surface area contributed by atoms with Crippen molar-refractivity contribution in [1.29, 1.82) is 0 Å². The molecule has 2 fully saturated rings. The minimum atomic E-state index is -0.548. The first-order valence-electron chi connectivity index (χ1n) is 6.65. The zero-order chi connectivity index (χ0) is 11.6. The second kappa shape index (κ2) is 6.05. The highest BCUT2D eigenvalue weighted by Crippen LogP contribution is 2.48. The Labute approximate surface area is 110 Å². The molecule has 0 amide bonds. The van der Waals surface area contributed by atoms with Crippen LogP contribution in [0.5, 0.6) is 0 Å². The maximum Gasteiger partial charge on any atom is 0.311 e. The molecule has 1 saturated heterocycles. The van der Waals surface area contributed by atoms with Gasteiger partial charge in [-0.2, -0.15) is 0 Å². The standard InChI is InChI=1S/C13H23NO2.ClH/c1-2-3-4-8-14-9-11-6-5-7-13(11,10-14)12(15)16;/h11H,2-10H2,1H3,(H,15,16);1H/t11-,13+;/m0./s1. The lowest BCUT2D eigenvalue weighted by molar-refractivity contribution is -0.149. The molecule has 0 aromatic heterocycles. The first kappa shape index (κ1) is 14.8. The molecule has 2 rings (SSSR count). The summed E-state index contributed by atoms with van der Waals surface area (Å²) in [7, 11) is 0. The lowest BCUT2D eigenvalue weighted by Crippen LogP contribution is -2.35. The summed E-state index contributed by atoms with van der Waals surface area (Å²) >= 11 is 0. The summed E-state index contributed by atoms with van der Waals surface area (Å²) in [6.07, 6.45) is 6.86. The summed E-state index contributed by atoms with van der Waals surface area (Å²) < 4.78 is 0. The predicted molar refractivity (Wildman–Crippen MR) is 70.6 cm³/mol. The van der Waals surface area contributed by atoms with E-state index in [0.29, 0.717) is 5.92 Å². The van der Waals surface area contributed by atoms with Gasteiger partial charge in [0.05, 0.1) is 5.41 Å². The van der Waals surface area contributed by atoms with Crippen LogP contribution in [-0.4, -0.2) is 35.6 Å². The normalized spacial score (nSPS) is 32.2. The first-order valence-corrected chi connectivity index (χ1v) is 6.65. The van der Waals surface area contributed by atoms with Gasteiger partial charge < -0.3 is 10.0 Å². The number of fused-ring (bicyclic) bond motifs is 1. The molecule has 0 aromatic carbocycles. The lowest BCUT2D eigenvalue weighted by Gasteiger charge is -2.23. The Morgan fingerprint density at radius 2 is 2.24 bits per heavy atom. The van der Waals surface area contributed by atoms with E-state index >= 15 is 0 Å². The van der Waals surface area contributed by atoms with Gasteiger partial charge in [-0.1, -0.05) is 26.2 Å². The van der Waals surface area contributed by atoms with Gasteiger partial charge in [-0.25, -0.2) is 0 Å². The third-order valence-corrected chi connectivity index (χ3v) is 4.45. The Morgan fingerprint density at radius 3 is 2.82 bits per heavy atom. The van der Waals surface area contributed by atoms with E-state index in [4.69, 9.17) is 0 Å². The van der Waals surface area contributed by atoms with Crippen LogP contribution in [-0.2, 0) is 4.79 Å². The Kier molecular flexibility index (Phi) is 5.26. The topological polar surface area (TPSA) is 40.5 Å². The van der Waals surface area contributed by atoms with E-state index in [-0.39, 0.29) is 17.8 Å². The molecule has 2 aliphatic rings. The zero-order valence-electron chi connectivity index (χ0n) is 10.7. The summed E-state index contributed by atoms with van der Waals surface area (Å²) in [5, 5.41) is 9.44. The fraction of sp³-hybridized carbons (Fsp3) is 0.923. The Balaban J connectivity index is 0.00000144. The van der Waals surface area contributed by atoms with E-state index in [9.17, 15) is 9.90 Å². The molecule has 1 aliphatic carbocycles. The van der Waals surface area contributed by atoms with Crippen LogP contribution in [0, 0.1) is 11.3 Å². The molecule has 100 valence electrons. The molecule has 0 bridgehead atoms. The number of carboxylic acid groups (broad SMARTS) is 1. The second-order valence-electron chi connectivity index (χ2n) is 5.49. The summed E-state index contributed by atoms with van der Waals surface area (Å²) in [6, 6.07) is 0. The third-order valence-electron chi connectivity index (χ3n) is 4.45. The van der Waals surface area contributed by atoms with Crippen molar-refractivity contribution in [1.82, 2.24) is 4.90 Å². The van der Waals surface area contributed by atoms with Crippen molar-refractivity contribution >= 4 is 18.4 Å². The maximum absolute atomic E-state index is 11.5. The van der Waals surface area contributed by atoms with E-state index < -0.39 is 5.97 Å². The predicted octanol–water partition coefficient (Wildman–Crippen LogP) is 2.79. The average molecular weight is 262 g/mol. The van der Waals surface area contributed by atoms with Crippen LogP contribution >= 0.6 is 12.4 Å². The van der Waals surface area contributed by atoms with E-state index in [2.05, 4.69) is 11.8 Å². The number of rotatable bonds is 5. The Morgan fingerprint density at radius 1 is 1.47 bits per heavy atom. The van der Waals surface area contributed by atoms with Gasteiger partial charge in [-0.05, 0) is 31.7 Å². The second-order valence-corrected chi connectivity index (χ2v) is 5.49. The number of hydrogen-bond donors (Lipinski definition) is 1. The van der Waals surface area contributed by atoms with Gasteiger partial charge in [0, 0.05) is 13.1 Å². The summed E-state index contributed by atoms with van der Waals surface area (Å²) in [5.41, 5.74) is -0.383. The van der Waals surface area contributed by atoms with E-state index in [1.54, 1.807) is 0 Å². The monoisotopic (exact) mass is 261 g/mol. The highest BCUT2D eigenvalue weighted by atomic mass is 35.5. The Hall–Kier alpha value is -0.280. The number of nitrogens with zero attached hydrogens (tertiary/aromatic N) is 1. The quantitative estimate of drug-likeness (QED) is 0.774. The molecule has 17 heavy (non-hydrogen) atoms. The van der Waals surface area contributed by atoms with Crippen molar-refractivity contribution in [2.24, 2.45) is 11.3 Å². The molecule has 0 unspecified atom stereocenters. The maximum atomic E-state index is 11.5. The van der Waals surface area contributed by atoms with Crippen LogP contribution in [0.2, 0.25) is 0 Å². The Bertz CT molecular complexity index is 272. The average Bonchev–Trinajstić information content (AvgIpc) is 2.74. The number of hydrogen-bond acceptors (Lipinski definition) is 2. The van der Waals surface area contributed by atoms with Gasteiger partial charge in [0.2, 0.25) is 0 Å². The van der Waals surface area contributed by atoms with Crippen molar-refractivity contribution < 1.29 is 9.90 Å². The fourth-order valence-corrected chi connectivity index (χ4v) is 3.50.